The molecule has 2 atom stereocenters. The first-order chi connectivity index (χ1) is 25.6. The smallest absolute Gasteiger partial charge is 0.251 e. The first-order valence-corrected chi connectivity index (χ1v) is 18.8. The Kier molecular flexibility index (Phi) is 11.8. The lowest BCUT2D eigenvalue weighted by Crippen LogP contribution is -2.55. The van der Waals surface area contributed by atoms with Gasteiger partial charge in [-0.15, -0.1) is 11.3 Å². The second-order valence-corrected chi connectivity index (χ2v) is 14.3. The lowest BCUT2D eigenvalue weighted by atomic mass is 10.0. The Morgan fingerprint density at radius 3 is 2.51 bits per heavy atom. The van der Waals surface area contributed by atoms with E-state index in [2.05, 4.69) is 36.2 Å². The van der Waals surface area contributed by atoms with Crippen LogP contribution in [0.4, 0.5) is 0 Å². The molecule has 0 spiro atoms. The van der Waals surface area contributed by atoms with Gasteiger partial charge in [0.25, 0.3) is 5.91 Å². The van der Waals surface area contributed by atoms with Crippen LogP contribution in [-0.2, 0) is 38.6 Å². The third kappa shape index (κ3) is 9.09. The zero-order chi connectivity index (χ0) is 37.5. The van der Waals surface area contributed by atoms with E-state index in [9.17, 15) is 24.0 Å². The Bertz CT molecular complexity index is 2140. The number of benzene rings is 2. The molecule has 2 bridgehead atoms. The number of carbonyl (C=O) groups excluding carboxylic acids is 5. The van der Waals surface area contributed by atoms with Crippen LogP contribution in [0.3, 0.4) is 0 Å². The van der Waals surface area contributed by atoms with E-state index >= 15 is 0 Å². The van der Waals surface area contributed by atoms with Crippen molar-refractivity contribution < 1.29 is 24.0 Å². The molecule has 0 radical (unpaired) electrons. The van der Waals surface area contributed by atoms with Crippen LogP contribution in [0.2, 0.25) is 0 Å². The van der Waals surface area contributed by atoms with Crippen molar-refractivity contribution in [1.29, 1.82) is 0 Å². The summed E-state index contributed by atoms with van der Waals surface area (Å²) in [5, 5.41) is 15.2. The molecule has 0 saturated heterocycles. The number of aryl methyl sites for hydroxylation is 3. The number of para-hydroxylation sites is 1. The molecule has 5 aromatic rings. The monoisotopic (exact) mass is 739 g/mol. The van der Waals surface area contributed by atoms with Gasteiger partial charge in [0.05, 0.1) is 34.7 Å². The van der Waals surface area contributed by atoms with Crippen molar-refractivity contribution in [3.05, 3.63) is 81.7 Å². The average molecular weight is 740 g/mol. The third-order valence-corrected chi connectivity index (χ3v) is 10.2. The van der Waals surface area contributed by atoms with E-state index in [4.69, 9.17) is 0 Å². The van der Waals surface area contributed by atoms with Crippen LogP contribution in [0.25, 0.3) is 21.9 Å². The van der Waals surface area contributed by atoms with Crippen molar-refractivity contribution in [3.8, 4) is 0 Å². The summed E-state index contributed by atoms with van der Waals surface area (Å²) in [5.74, 6) is -1.15. The van der Waals surface area contributed by atoms with Crippen LogP contribution < -0.4 is 21.3 Å². The number of thiazole rings is 1. The maximum Gasteiger partial charge on any atom is 0.251 e. The van der Waals surface area contributed by atoms with E-state index in [1.54, 1.807) is 13.0 Å². The largest absolute Gasteiger partial charge is 0.361 e. The van der Waals surface area contributed by atoms with E-state index in [-0.39, 0.29) is 56.6 Å². The number of fused-ring (bicyclic) bond motifs is 2. The van der Waals surface area contributed by atoms with Gasteiger partial charge in [-0.1, -0.05) is 25.1 Å². The van der Waals surface area contributed by atoms with Gasteiger partial charge in [0.1, 0.15) is 17.9 Å². The summed E-state index contributed by atoms with van der Waals surface area (Å²) in [4.78, 5) is 81.3. The van der Waals surface area contributed by atoms with Crippen molar-refractivity contribution >= 4 is 62.8 Å². The molecule has 15 heteroatoms. The van der Waals surface area contributed by atoms with Gasteiger partial charge in [0.2, 0.25) is 23.6 Å². The summed E-state index contributed by atoms with van der Waals surface area (Å²) in [6.45, 7) is 6.57. The summed E-state index contributed by atoms with van der Waals surface area (Å²) in [6, 6.07) is 11.2. The summed E-state index contributed by atoms with van der Waals surface area (Å²) in [7, 11) is 0. The fraction of sp³-hybridized carbons (Fsp3) is 0.395. The van der Waals surface area contributed by atoms with Crippen LogP contribution in [0.5, 0.6) is 0 Å². The number of aromatic amines is 1. The summed E-state index contributed by atoms with van der Waals surface area (Å²) in [5.41, 5.74) is 4.43. The second kappa shape index (κ2) is 16.8. The number of nitrogens with zero attached hydrogens (tertiary/aromatic N) is 4. The molecule has 0 unspecified atom stereocenters. The zero-order valence-electron chi connectivity index (χ0n) is 30.2. The van der Waals surface area contributed by atoms with Crippen LogP contribution in [0.15, 0.2) is 54.0 Å². The molecular formula is C38H45N9O5S. The molecule has 53 heavy (non-hydrogen) atoms. The molecule has 1 aliphatic heterocycles. The maximum atomic E-state index is 13.7. The SMILES string of the molecule is CC[C@@H]1NC(=O)CN(C(=O)Cc2csc(C)n2)CCCNC(=O)c2ccc3nc(C)n(c3c2)CCCNC(=O)[C@@H](Cc2c[nH]c3ccccc23)NC1=O. The van der Waals surface area contributed by atoms with Crippen LogP contribution in [0.1, 0.15) is 58.6 Å². The Morgan fingerprint density at radius 2 is 1.72 bits per heavy atom. The fourth-order valence-electron chi connectivity index (χ4n) is 6.63. The molecule has 4 heterocycles. The van der Waals surface area contributed by atoms with Gasteiger partial charge in [-0.3, -0.25) is 24.0 Å². The highest BCUT2D eigenvalue weighted by Gasteiger charge is 2.28. The first kappa shape index (κ1) is 37.2. The van der Waals surface area contributed by atoms with Crippen molar-refractivity contribution in [2.45, 2.75) is 71.5 Å². The minimum absolute atomic E-state index is 0.0133. The van der Waals surface area contributed by atoms with Gasteiger partial charge in [0, 0.05) is 60.6 Å². The highest BCUT2D eigenvalue weighted by molar-refractivity contribution is 7.09. The Morgan fingerprint density at radius 1 is 0.925 bits per heavy atom. The standard InChI is InChI=1S/C38H45N9O5S/c1-4-29-38(52)45-32(17-26-20-41-30-10-6-5-9-28(26)30)37(51)40-14-8-16-47-23(2)42-31-12-11-25(18-33(31)47)36(50)39-13-7-15-46(21-34(48)44-29)35(49)19-27-22-53-24(3)43-27/h5-6,9-12,18,20,22,29,32,41H,4,7-8,13-17,19,21H2,1-3H3,(H,39,50)(H,40,51)(H,44,48)(H,45,52)/t29-,32+/m0/s1. The predicted molar refractivity (Wildman–Crippen MR) is 202 cm³/mol. The number of hydrogen-bond acceptors (Lipinski definition) is 8. The normalized spacial score (nSPS) is 18.6. The van der Waals surface area contributed by atoms with E-state index in [1.165, 1.54) is 16.2 Å². The number of H-pyrrole nitrogens is 1. The van der Waals surface area contributed by atoms with Gasteiger partial charge in [-0.25, -0.2) is 9.97 Å². The van der Waals surface area contributed by atoms with Crippen molar-refractivity contribution in [1.82, 2.24) is 45.7 Å². The molecule has 14 nitrogen and oxygen atoms in total. The third-order valence-electron chi connectivity index (χ3n) is 9.43. The number of imidazole rings is 1. The minimum atomic E-state index is -0.948. The summed E-state index contributed by atoms with van der Waals surface area (Å²) < 4.78 is 2.03. The van der Waals surface area contributed by atoms with Gasteiger partial charge in [-0.2, -0.15) is 0 Å². The van der Waals surface area contributed by atoms with Gasteiger partial charge in [-0.05, 0) is 62.9 Å². The number of amides is 5. The molecule has 1 aliphatic rings. The van der Waals surface area contributed by atoms with Crippen molar-refractivity contribution in [2.75, 3.05) is 26.2 Å². The first-order valence-electron chi connectivity index (χ1n) is 18.0. The lowest BCUT2D eigenvalue weighted by molar-refractivity contribution is -0.137. The molecule has 278 valence electrons. The highest BCUT2D eigenvalue weighted by atomic mass is 32.1. The molecule has 5 amide bonds. The fourth-order valence-corrected chi connectivity index (χ4v) is 7.24. The molecule has 5 N–H and O–H groups in total. The van der Waals surface area contributed by atoms with Crippen LogP contribution in [0, 0.1) is 13.8 Å². The quantitative estimate of drug-likeness (QED) is 0.184. The highest BCUT2D eigenvalue weighted by Crippen LogP contribution is 2.21. The Labute approximate surface area is 311 Å². The van der Waals surface area contributed by atoms with Gasteiger partial charge >= 0.3 is 0 Å². The number of aromatic nitrogens is 4. The summed E-state index contributed by atoms with van der Waals surface area (Å²) in [6.07, 6.45) is 3.30. The molecule has 2 aromatic carbocycles. The van der Waals surface area contributed by atoms with Crippen molar-refractivity contribution in [2.24, 2.45) is 0 Å². The second-order valence-electron chi connectivity index (χ2n) is 13.3. The zero-order valence-corrected chi connectivity index (χ0v) is 31.0. The molecule has 3 aromatic heterocycles. The van der Waals surface area contributed by atoms with Crippen LogP contribution >= 0.6 is 11.3 Å². The molecule has 0 fully saturated rings. The molecule has 0 saturated carbocycles. The number of carbonyl (C=O) groups is 5. The molecule has 6 rings (SSSR count). The Hall–Kier alpha value is -5.57. The lowest BCUT2D eigenvalue weighted by Gasteiger charge is -2.25. The van der Waals surface area contributed by atoms with Gasteiger partial charge in [0.15, 0.2) is 0 Å². The average Bonchev–Trinajstić information content (AvgIpc) is 3.84. The summed E-state index contributed by atoms with van der Waals surface area (Å²) >= 11 is 1.44. The van der Waals surface area contributed by atoms with Crippen LogP contribution in [-0.4, -0.2) is 92.2 Å². The van der Waals surface area contributed by atoms with Crippen molar-refractivity contribution in [3.63, 3.8) is 0 Å². The number of hydrogen-bond donors (Lipinski definition) is 5. The molecule has 0 aliphatic carbocycles. The van der Waals surface area contributed by atoms with E-state index < -0.39 is 23.9 Å². The topological polar surface area (TPSA) is 183 Å². The van der Waals surface area contributed by atoms with Gasteiger partial charge < -0.3 is 35.7 Å². The minimum Gasteiger partial charge on any atom is -0.361 e. The number of nitrogens with one attached hydrogen (secondary N) is 5. The Balaban J connectivity index is 1.26. The van der Waals surface area contributed by atoms with E-state index in [0.29, 0.717) is 37.2 Å². The maximum absolute atomic E-state index is 13.7. The van der Waals surface area contributed by atoms with E-state index in [0.717, 1.165) is 38.3 Å². The predicted octanol–water partition coefficient (Wildman–Crippen LogP) is 2.92. The molecular weight excluding hydrogens is 695 g/mol. The van der Waals surface area contributed by atoms with E-state index in [1.807, 2.05) is 66.4 Å². The number of rotatable bonds is 5.